The summed E-state index contributed by atoms with van der Waals surface area (Å²) in [6.07, 6.45) is 0.908. The van der Waals surface area contributed by atoms with Gasteiger partial charge in [0.2, 0.25) is 5.91 Å². The van der Waals surface area contributed by atoms with Gasteiger partial charge in [0, 0.05) is 43.8 Å². The van der Waals surface area contributed by atoms with Crippen LogP contribution in [0.1, 0.15) is 23.2 Å². The van der Waals surface area contributed by atoms with Crippen molar-refractivity contribution < 1.29 is 35.9 Å². The van der Waals surface area contributed by atoms with Gasteiger partial charge in [0.15, 0.2) is 0 Å². The Balaban J connectivity index is 1.21. The number of alkyl halides is 3. The lowest BCUT2D eigenvalue weighted by atomic mass is 9.94. The highest BCUT2D eigenvalue weighted by molar-refractivity contribution is 7.93. The number of hydrogen-bond acceptors (Lipinski definition) is 6. The zero-order chi connectivity index (χ0) is 30.8. The van der Waals surface area contributed by atoms with E-state index in [0.717, 1.165) is 6.08 Å². The summed E-state index contributed by atoms with van der Waals surface area (Å²) < 4.78 is 72.9. The number of nitrogens with zero attached hydrogens (tertiary/aromatic N) is 3. The molecule has 43 heavy (non-hydrogen) atoms. The first-order valence-corrected chi connectivity index (χ1v) is 15.0. The normalized spacial score (nSPS) is 17.5. The van der Waals surface area contributed by atoms with Crippen molar-refractivity contribution in [2.45, 2.75) is 23.9 Å². The van der Waals surface area contributed by atoms with E-state index < -0.39 is 22.1 Å². The third kappa shape index (κ3) is 6.66. The Kier molecular flexibility index (Phi) is 8.45. The van der Waals surface area contributed by atoms with Crippen molar-refractivity contribution in [3.63, 3.8) is 0 Å². The average Bonchev–Trinajstić information content (AvgIpc) is 3.00. The van der Waals surface area contributed by atoms with Gasteiger partial charge in [-0.15, -0.1) is 0 Å². The van der Waals surface area contributed by atoms with Crippen LogP contribution in [0.25, 0.3) is 10.9 Å². The lowest BCUT2D eigenvalue weighted by molar-refractivity contribution is -0.160. The van der Waals surface area contributed by atoms with E-state index in [1.807, 2.05) is 0 Å². The number of carbonyl (C=O) groups excluding carboxylic acids is 2. The fourth-order valence-electron chi connectivity index (χ4n) is 5.09. The van der Waals surface area contributed by atoms with Crippen LogP contribution in [-0.2, 0) is 14.8 Å². The highest BCUT2D eigenvalue weighted by atomic mass is 32.2. The van der Waals surface area contributed by atoms with Crippen LogP contribution in [0.3, 0.4) is 0 Å². The Hall–Kier alpha value is -4.39. The van der Waals surface area contributed by atoms with Crippen LogP contribution in [0.5, 0.6) is 5.75 Å². The van der Waals surface area contributed by atoms with Gasteiger partial charge < -0.3 is 14.5 Å². The Labute approximate surface area is 246 Å². The molecule has 5 rings (SSSR count). The minimum absolute atomic E-state index is 0.00491. The van der Waals surface area contributed by atoms with Crippen LogP contribution in [-0.4, -0.2) is 74.5 Å². The van der Waals surface area contributed by atoms with Crippen molar-refractivity contribution in [2.24, 2.45) is 5.92 Å². The Bertz CT molecular complexity index is 1710. The predicted octanol–water partition coefficient (Wildman–Crippen LogP) is 4.78. The fourth-order valence-corrected chi connectivity index (χ4v) is 6.32. The number of amides is 2. The number of aromatic nitrogens is 1. The second kappa shape index (κ2) is 12.1. The number of allylic oxidation sites excluding steroid dienone is 3. The number of pyridine rings is 1. The first kappa shape index (κ1) is 30.1. The van der Waals surface area contributed by atoms with Gasteiger partial charge in [-0.25, -0.2) is 8.42 Å². The molecule has 3 aromatic rings. The lowest BCUT2D eigenvalue weighted by Crippen LogP contribution is -2.50. The van der Waals surface area contributed by atoms with E-state index in [4.69, 9.17) is 4.74 Å². The third-order valence-corrected chi connectivity index (χ3v) is 8.85. The SMILES string of the molecule is COc1cc(NS(=O)(=O)c2cccc3cccnc23)ccc1C(=O)N1CCN(C(=O)CC2=CCC(C(F)(F)F)C=C2)CC1. The van der Waals surface area contributed by atoms with Gasteiger partial charge in [0.25, 0.3) is 15.9 Å². The molecule has 2 amide bonds. The van der Waals surface area contributed by atoms with Crippen molar-refractivity contribution in [1.82, 2.24) is 14.8 Å². The van der Waals surface area contributed by atoms with E-state index in [-0.39, 0.29) is 72.7 Å². The number of rotatable bonds is 7. The maximum Gasteiger partial charge on any atom is 0.395 e. The summed E-state index contributed by atoms with van der Waals surface area (Å²) in [5.41, 5.74) is 1.30. The molecule has 1 aromatic heterocycles. The third-order valence-electron chi connectivity index (χ3n) is 7.44. The number of anilines is 1. The molecule has 2 heterocycles. The van der Waals surface area contributed by atoms with Crippen molar-refractivity contribution in [3.8, 4) is 5.75 Å². The van der Waals surface area contributed by atoms with Crippen molar-refractivity contribution in [3.05, 3.63) is 84.1 Å². The van der Waals surface area contributed by atoms with Crippen LogP contribution in [0.4, 0.5) is 18.9 Å². The number of hydrogen-bond donors (Lipinski definition) is 1. The summed E-state index contributed by atoms with van der Waals surface area (Å²) >= 11 is 0. The number of fused-ring (bicyclic) bond motifs is 1. The van der Waals surface area contributed by atoms with Gasteiger partial charge in [-0.2, -0.15) is 13.2 Å². The van der Waals surface area contributed by atoms with Gasteiger partial charge in [-0.05, 0) is 36.3 Å². The van der Waals surface area contributed by atoms with E-state index >= 15 is 0 Å². The maximum absolute atomic E-state index is 13.3. The molecule has 13 heteroatoms. The van der Waals surface area contributed by atoms with Gasteiger partial charge in [0.1, 0.15) is 10.6 Å². The molecule has 0 radical (unpaired) electrons. The predicted molar refractivity (Wildman–Crippen MR) is 154 cm³/mol. The van der Waals surface area contributed by atoms with E-state index in [0.29, 0.717) is 16.5 Å². The first-order chi connectivity index (χ1) is 20.5. The molecule has 2 aromatic carbocycles. The minimum atomic E-state index is -4.31. The van der Waals surface area contributed by atoms with Gasteiger partial charge in [-0.1, -0.05) is 36.4 Å². The molecular formula is C30H29F3N4O5S. The number of halogens is 3. The molecule has 0 spiro atoms. The average molecular weight is 615 g/mol. The van der Waals surface area contributed by atoms with E-state index in [1.54, 1.807) is 34.1 Å². The summed E-state index contributed by atoms with van der Waals surface area (Å²) in [6, 6.07) is 12.7. The Morgan fingerprint density at radius 1 is 1.05 bits per heavy atom. The summed E-state index contributed by atoms with van der Waals surface area (Å²) in [4.78, 5) is 33.5. The number of benzene rings is 2. The van der Waals surface area contributed by atoms with Crippen LogP contribution in [0, 0.1) is 5.92 Å². The molecule has 1 fully saturated rings. The molecular weight excluding hydrogens is 585 g/mol. The molecule has 1 atom stereocenters. The van der Waals surface area contributed by atoms with Gasteiger partial charge >= 0.3 is 6.18 Å². The Morgan fingerprint density at radius 3 is 2.44 bits per heavy atom. The highest BCUT2D eigenvalue weighted by Crippen LogP contribution is 2.34. The standard InChI is InChI=1S/C30H29F3N4O5S/c1-42-25-19-23(35-43(40,41)26-6-2-4-21-5-3-13-34-28(21)26)11-12-24(25)29(39)37-16-14-36(15-17-37)27(38)18-20-7-9-22(10-8-20)30(31,32)33/h2-9,11-13,19,22,35H,10,14-18H2,1H3. The highest BCUT2D eigenvalue weighted by Gasteiger charge is 2.38. The van der Waals surface area contributed by atoms with Crippen molar-refractivity contribution in [2.75, 3.05) is 38.0 Å². The zero-order valence-electron chi connectivity index (χ0n) is 23.2. The summed E-state index contributed by atoms with van der Waals surface area (Å²) in [5, 5.41) is 0.674. The molecule has 1 aliphatic carbocycles. The van der Waals surface area contributed by atoms with Crippen LogP contribution >= 0.6 is 0 Å². The topological polar surface area (TPSA) is 109 Å². The molecule has 9 nitrogen and oxygen atoms in total. The van der Waals surface area contributed by atoms with Crippen molar-refractivity contribution in [1.29, 1.82) is 0 Å². The summed E-state index contributed by atoms with van der Waals surface area (Å²) in [5.74, 6) is -1.92. The number of piperazine rings is 1. The van der Waals surface area contributed by atoms with Gasteiger partial charge in [0.05, 0.1) is 36.2 Å². The molecule has 1 aliphatic heterocycles. The quantitative estimate of drug-likeness (QED) is 0.410. The number of carbonyl (C=O) groups is 2. The fraction of sp³-hybridized carbons (Fsp3) is 0.300. The second-order valence-corrected chi connectivity index (χ2v) is 11.9. The number of methoxy groups -OCH3 is 1. The molecule has 0 saturated carbocycles. The smallest absolute Gasteiger partial charge is 0.395 e. The van der Waals surface area contributed by atoms with E-state index in [1.165, 1.54) is 49.7 Å². The largest absolute Gasteiger partial charge is 0.496 e. The number of para-hydroxylation sites is 1. The summed E-state index contributed by atoms with van der Waals surface area (Å²) in [7, 11) is -2.64. The van der Waals surface area contributed by atoms with Gasteiger partial charge in [-0.3, -0.25) is 19.3 Å². The number of ether oxygens (including phenoxy) is 1. The van der Waals surface area contributed by atoms with Crippen LogP contribution in [0.15, 0.2) is 83.4 Å². The molecule has 0 bridgehead atoms. The second-order valence-electron chi connectivity index (χ2n) is 10.2. The summed E-state index contributed by atoms with van der Waals surface area (Å²) in [6.45, 7) is 1.04. The lowest BCUT2D eigenvalue weighted by Gasteiger charge is -2.35. The molecule has 226 valence electrons. The minimum Gasteiger partial charge on any atom is -0.496 e. The monoisotopic (exact) mass is 614 g/mol. The van der Waals surface area contributed by atoms with Crippen LogP contribution in [0.2, 0.25) is 0 Å². The zero-order valence-corrected chi connectivity index (χ0v) is 24.0. The molecule has 2 aliphatic rings. The number of nitrogens with one attached hydrogen (secondary N) is 1. The van der Waals surface area contributed by atoms with E-state index in [2.05, 4.69) is 9.71 Å². The molecule has 1 unspecified atom stereocenters. The molecule has 1 saturated heterocycles. The van der Waals surface area contributed by atoms with Crippen LogP contribution < -0.4 is 9.46 Å². The number of sulfonamides is 1. The van der Waals surface area contributed by atoms with E-state index in [9.17, 15) is 31.2 Å². The maximum atomic E-state index is 13.3. The molecule has 1 N–H and O–H groups in total. The van der Waals surface area contributed by atoms with Crippen molar-refractivity contribution >= 4 is 38.4 Å². The first-order valence-electron chi connectivity index (χ1n) is 13.5. The Morgan fingerprint density at radius 2 is 1.77 bits per heavy atom.